The fourth-order valence-electron chi connectivity index (χ4n) is 1.79. The molecule has 0 fully saturated rings. The van der Waals surface area contributed by atoms with Crippen molar-refractivity contribution in [2.24, 2.45) is 0 Å². The molecule has 0 saturated carbocycles. The number of aryl methyl sites for hydroxylation is 2. The molecule has 1 aromatic heterocycles. The molecule has 0 unspecified atom stereocenters. The van der Waals surface area contributed by atoms with Gasteiger partial charge in [-0.25, -0.2) is 0 Å². The number of amides is 1. The summed E-state index contributed by atoms with van der Waals surface area (Å²) < 4.78 is 0. The number of benzene rings is 1. The van der Waals surface area contributed by atoms with E-state index in [4.69, 9.17) is 11.6 Å². The van der Waals surface area contributed by atoms with E-state index in [1.165, 1.54) is 16.2 Å². The summed E-state index contributed by atoms with van der Waals surface area (Å²) in [5.74, 6) is -0.0244. The van der Waals surface area contributed by atoms with Gasteiger partial charge in [0.1, 0.15) is 0 Å². The second-order valence-electron chi connectivity index (χ2n) is 4.60. The van der Waals surface area contributed by atoms with Crippen molar-refractivity contribution in [1.29, 1.82) is 0 Å². The predicted octanol–water partition coefficient (Wildman–Crippen LogP) is 4.51. The van der Waals surface area contributed by atoms with Gasteiger partial charge in [-0.05, 0) is 50.1 Å². The third-order valence-corrected chi connectivity index (χ3v) is 4.51. The smallest absolute Gasteiger partial charge is 0.261 e. The van der Waals surface area contributed by atoms with Crippen molar-refractivity contribution in [3.63, 3.8) is 0 Å². The molecule has 1 heterocycles. The van der Waals surface area contributed by atoms with E-state index >= 15 is 0 Å². The summed E-state index contributed by atoms with van der Waals surface area (Å²) in [5, 5.41) is 3.70. The molecule has 0 bridgehead atoms. The molecule has 0 spiro atoms. The van der Waals surface area contributed by atoms with Crippen molar-refractivity contribution >= 4 is 28.8 Å². The summed E-state index contributed by atoms with van der Waals surface area (Å²) in [6, 6.07) is 9.42. The lowest BCUT2D eigenvalue weighted by Gasteiger charge is -2.13. The summed E-state index contributed by atoms with van der Waals surface area (Å²) in [4.78, 5) is 14.1. The second kappa shape index (κ2) is 5.76. The first kappa shape index (κ1) is 14.1. The van der Waals surface area contributed by atoms with Gasteiger partial charge in [0.25, 0.3) is 5.91 Å². The van der Waals surface area contributed by atoms with Crippen molar-refractivity contribution < 1.29 is 4.79 Å². The van der Waals surface area contributed by atoms with Gasteiger partial charge in [0, 0.05) is 9.90 Å². The molecule has 1 N–H and O–H groups in total. The van der Waals surface area contributed by atoms with Crippen molar-refractivity contribution in [1.82, 2.24) is 5.32 Å². The summed E-state index contributed by atoms with van der Waals surface area (Å²) >= 11 is 7.38. The topological polar surface area (TPSA) is 29.1 Å². The number of hydrogen-bond donors (Lipinski definition) is 1. The van der Waals surface area contributed by atoms with E-state index in [0.29, 0.717) is 5.02 Å². The Morgan fingerprint density at radius 3 is 2.42 bits per heavy atom. The number of carbonyl (C=O) groups is 1. The van der Waals surface area contributed by atoms with Crippen LogP contribution in [0.1, 0.15) is 38.6 Å². The van der Waals surface area contributed by atoms with Crippen molar-refractivity contribution in [3.05, 3.63) is 56.2 Å². The third kappa shape index (κ3) is 3.37. The summed E-state index contributed by atoms with van der Waals surface area (Å²) in [6.45, 7) is 6.01. The van der Waals surface area contributed by atoms with Gasteiger partial charge in [-0.2, -0.15) is 0 Å². The Kier molecular flexibility index (Phi) is 4.27. The lowest BCUT2D eigenvalue weighted by Crippen LogP contribution is -2.25. The first-order chi connectivity index (χ1) is 8.97. The van der Waals surface area contributed by atoms with Crippen LogP contribution >= 0.6 is 22.9 Å². The van der Waals surface area contributed by atoms with Crippen LogP contribution in [0.4, 0.5) is 0 Å². The van der Waals surface area contributed by atoms with E-state index in [1.807, 2.05) is 51.1 Å². The number of halogens is 1. The van der Waals surface area contributed by atoms with Gasteiger partial charge in [-0.15, -0.1) is 11.3 Å². The molecule has 2 nitrogen and oxygen atoms in total. The molecule has 0 radical (unpaired) electrons. The average molecular weight is 294 g/mol. The zero-order chi connectivity index (χ0) is 14.0. The van der Waals surface area contributed by atoms with Crippen LogP contribution in [0.3, 0.4) is 0 Å². The minimum absolute atomic E-state index is 0.0244. The standard InChI is InChI=1S/C15H16ClNOS/c1-9-8-14(19-11(9)3)15(18)17-10(2)12-4-6-13(16)7-5-12/h4-8,10H,1-3H3,(H,17,18)/t10-/m0/s1. The van der Waals surface area contributed by atoms with Crippen molar-refractivity contribution in [3.8, 4) is 0 Å². The highest BCUT2D eigenvalue weighted by molar-refractivity contribution is 7.14. The molecular formula is C15H16ClNOS. The van der Waals surface area contributed by atoms with Crippen LogP contribution in [0.15, 0.2) is 30.3 Å². The van der Waals surface area contributed by atoms with E-state index in [-0.39, 0.29) is 11.9 Å². The van der Waals surface area contributed by atoms with Gasteiger partial charge in [0.05, 0.1) is 10.9 Å². The van der Waals surface area contributed by atoms with Crippen LogP contribution in [-0.4, -0.2) is 5.91 Å². The fraction of sp³-hybridized carbons (Fsp3) is 0.267. The normalized spacial score (nSPS) is 12.2. The number of nitrogens with one attached hydrogen (secondary N) is 1. The Morgan fingerprint density at radius 1 is 1.26 bits per heavy atom. The van der Waals surface area contributed by atoms with Crippen LogP contribution in [0.25, 0.3) is 0 Å². The highest BCUT2D eigenvalue weighted by Crippen LogP contribution is 2.22. The van der Waals surface area contributed by atoms with Gasteiger partial charge < -0.3 is 5.32 Å². The average Bonchev–Trinajstić information content (AvgIpc) is 2.70. The number of thiophene rings is 1. The number of carbonyl (C=O) groups excluding carboxylic acids is 1. The SMILES string of the molecule is Cc1cc(C(=O)N[C@@H](C)c2ccc(Cl)cc2)sc1C. The Morgan fingerprint density at radius 2 is 1.89 bits per heavy atom. The summed E-state index contributed by atoms with van der Waals surface area (Å²) in [5.41, 5.74) is 2.21. The zero-order valence-electron chi connectivity index (χ0n) is 11.2. The van der Waals surface area contributed by atoms with Gasteiger partial charge in [-0.3, -0.25) is 4.79 Å². The van der Waals surface area contributed by atoms with Crippen LogP contribution in [0, 0.1) is 13.8 Å². The highest BCUT2D eigenvalue weighted by Gasteiger charge is 2.14. The Bertz CT molecular complexity index is 569. The maximum absolute atomic E-state index is 12.1. The van der Waals surface area contributed by atoms with Gasteiger partial charge in [0.2, 0.25) is 0 Å². The van der Waals surface area contributed by atoms with E-state index in [0.717, 1.165) is 16.0 Å². The maximum atomic E-state index is 12.1. The summed E-state index contributed by atoms with van der Waals surface area (Å²) in [7, 11) is 0. The monoisotopic (exact) mass is 293 g/mol. The zero-order valence-corrected chi connectivity index (χ0v) is 12.7. The molecule has 2 rings (SSSR count). The fourth-order valence-corrected chi connectivity index (χ4v) is 2.85. The number of hydrogen-bond acceptors (Lipinski definition) is 2. The molecule has 100 valence electrons. The summed E-state index contributed by atoms with van der Waals surface area (Å²) in [6.07, 6.45) is 0. The van der Waals surface area contributed by atoms with E-state index in [2.05, 4.69) is 5.32 Å². The van der Waals surface area contributed by atoms with Gasteiger partial charge in [-0.1, -0.05) is 23.7 Å². The minimum Gasteiger partial charge on any atom is -0.345 e. The molecule has 4 heteroatoms. The van der Waals surface area contributed by atoms with Gasteiger partial charge >= 0.3 is 0 Å². The molecule has 0 aliphatic carbocycles. The molecule has 2 aromatic rings. The Labute approximate surface area is 122 Å². The second-order valence-corrected chi connectivity index (χ2v) is 6.29. The number of rotatable bonds is 3. The van der Waals surface area contributed by atoms with E-state index in [1.54, 1.807) is 0 Å². The molecule has 1 atom stereocenters. The van der Waals surface area contributed by atoms with Gasteiger partial charge in [0.15, 0.2) is 0 Å². The lowest BCUT2D eigenvalue weighted by atomic mass is 10.1. The van der Waals surface area contributed by atoms with E-state index < -0.39 is 0 Å². The van der Waals surface area contributed by atoms with Crippen LogP contribution in [-0.2, 0) is 0 Å². The highest BCUT2D eigenvalue weighted by atomic mass is 35.5. The largest absolute Gasteiger partial charge is 0.345 e. The third-order valence-electron chi connectivity index (χ3n) is 3.11. The van der Waals surface area contributed by atoms with Crippen molar-refractivity contribution in [2.45, 2.75) is 26.8 Å². The molecule has 0 saturated heterocycles. The van der Waals surface area contributed by atoms with E-state index in [9.17, 15) is 4.79 Å². The van der Waals surface area contributed by atoms with Crippen LogP contribution in [0.5, 0.6) is 0 Å². The predicted molar refractivity (Wildman–Crippen MR) is 81.1 cm³/mol. The first-order valence-corrected chi connectivity index (χ1v) is 7.30. The van der Waals surface area contributed by atoms with Crippen LogP contribution < -0.4 is 5.32 Å². The first-order valence-electron chi connectivity index (χ1n) is 6.10. The Balaban J connectivity index is 2.08. The minimum atomic E-state index is -0.0347. The molecule has 0 aliphatic heterocycles. The Hall–Kier alpha value is -1.32. The molecule has 19 heavy (non-hydrogen) atoms. The molecular weight excluding hydrogens is 278 g/mol. The maximum Gasteiger partial charge on any atom is 0.261 e. The van der Waals surface area contributed by atoms with Crippen molar-refractivity contribution in [2.75, 3.05) is 0 Å². The quantitative estimate of drug-likeness (QED) is 0.886. The molecule has 1 amide bonds. The molecule has 0 aliphatic rings. The lowest BCUT2D eigenvalue weighted by molar-refractivity contribution is 0.0944. The molecule has 1 aromatic carbocycles. The van der Waals surface area contributed by atoms with Crippen LogP contribution in [0.2, 0.25) is 5.02 Å².